The number of nitrogens with zero attached hydrogens (tertiary/aromatic N) is 1. The highest BCUT2D eigenvalue weighted by molar-refractivity contribution is 7.98. The summed E-state index contributed by atoms with van der Waals surface area (Å²) in [6.07, 6.45) is 2.89. The molecule has 2 N–H and O–H groups in total. The Balaban J connectivity index is 1.54. The van der Waals surface area contributed by atoms with Crippen LogP contribution in [0.3, 0.4) is 0 Å². The van der Waals surface area contributed by atoms with Crippen molar-refractivity contribution >= 4 is 29.7 Å². The standard InChI is InChI=1S/C25H28N2O5S/c1-17(24(30)27(13-14-33-2)15-23(28)29)11-12-26-25(31)32-16-22-20-9-5-3-7-18(20)19-8-4-6-10-21(19)22/h3-11,22H,12-16H2,1-2H3,(H,26,31)(H,28,29)/b17-11+. The second-order valence-electron chi connectivity index (χ2n) is 7.71. The van der Waals surface area contributed by atoms with E-state index in [0.717, 1.165) is 22.3 Å². The number of carbonyl (C=O) groups excluding carboxylic acids is 2. The van der Waals surface area contributed by atoms with E-state index in [0.29, 0.717) is 17.9 Å². The van der Waals surface area contributed by atoms with Crippen molar-refractivity contribution in [3.63, 3.8) is 0 Å². The average Bonchev–Trinajstić information content (AvgIpc) is 3.13. The van der Waals surface area contributed by atoms with Crippen molar-refractivity contribution in [3.05, 3.63) is 71.3 Å². The molecule has 1 aliphatic carbocycles. The number of hydrogen-bond donors (Lipinski definition) is 2. The molecule has 1 aliphatic rings. The van der Waals surface area contributed by atoms with Gasteiger partial charge in [-0.25, -0.2) is 4.79 Å². The Kier molecular flexibility index (Phi) is 8.54. The molecule has 0 radical (unpaired) electrons. The number of thioether (sulfide) groups is 1. The van der Waals surface area contributed by atoms with Gasteiger partial charge in [-0.3, -0.25) is 9.59 Å². The Morgan fingerprint density at radius 3 is 2.27 bits per heavy atom. The summed E-state index contributed by atoms with van der Waals surface area (Å²) in [7, 11) is 0. The number of carboxylic acid groups (broad SMARTS) is 1. The fraction of sp³-hybridized carbons (Fsp3) is 0.320. The zero-order chi connectivity index (χ0) is 23.8. The van der Waals surface area contributed by atoms with Gasteiger partial charge in [-0.15, -0.1) is 0 Å². The van der Waals surface area contributed by atoms with Crippen LogP contribution in [0, 0.1) is 0 Å². The molecule has 174 valence electrons. The predicted octanol–water partition coefficient (Wildman–Crippen LogP) is 3.75. The van der Waals surface area contributed by atoms with Crippen LogP contribution in [-0.4, -0.2) is 66.2 Å². The lowest BCUT2D eigenvalue weighted by Gasteiger charge is -2.20. The van der Waals surface area contributed by atoms with Crippen LogP contribution in [0.2, 0.25) is 0 Å². The van der Waals surface area contributed by atoms with E-state index in [-0.39, 0.29) is 31.5 Å². The molecular weight excluding hydrogens is 440 g/mol. The van der Waals surface area contributed by atoms with Gasteiger partial charge in [0.15, 0.2) is 0 Å². The minimum atomic E-state index is -1.06. The van der Waals surface area contributed by atoms with E-state index in [2.05, 4.69) is 29.6 Å². The van der Waals surface area contributed by atoms with Crippen LogP contribution in [0.15, 0.2) is 60.2 Å². The van der Waals surface area contributed by atoms with Gasteiger partial charge in [0, 0.05) is 30.3 Å². The van der Waals surface area contributed by atoms with Gasteiger partial charge in [0.1, 0.15) is 13.2 Å². The molecule has 2 aromatic carbocycles. The summed E-state index contributed by atoms with van der Waals surface area (Å²) in [6, 6.07) is 16.2. The summed E-state index contributed by atoms with van der Waals surface area (Å²) in [5.74, 6) is -0.803. The first kappa shape index (κ1) is 24.4. The fourth-order valence-electron chi connectivity index (χ4n) is 3.89. The van der Waals surface area contributed by atoms with Crippen molar-refractivity contribution in [1.29, 1.82) is 0 Å². The lowest BCUT2D eigenvalue weighted by Crippen LogP contribution is -2.38. The van der Waals surface area contributed by atoms with Gasteiger partial charge in [-0.1, -0.05) is 54.6 Å². The van der Waals surface area contributed by atoms with Crippen molar-refractivity contribution in [2.45, 2.75) is 12.8 Å². The number of ether oxygens (including phenoxy) is 1. The van der Waals surface area contributed by atoms with E-state index in [1.807, 2.05) is 30.5 Å². The predicted molar refractivity (Wildman–Crippen MR) is 129 cm³/mol. The SMILES string of the molecule is CSCCN(CC(=O)O)C(=O)/C(C)=C/CNC(=O)OCC1c2ccccc2-c2ccccc21. The smallest absolute Gasteiger partial charge is 0.407 e. The Morgan fingerprint density at radius 1 is 1.09 bits per heavy atom. The Morgan fingerprint density at radius 2 is 1.70 bits per heavy atom. The van der Waals surface area contributed by atoms with Gasteiger partial charge in [-0.05, 0) is 35.4 Å². The maximum absolute atomic E-state index is 12.5. The van der Waals surface area contributed by atoms with Crippen LogP contribution in [0.25, 0.3) is 11.1 Å². The maximum atomic E-state index is 12.5. The van der Waals surface area contributed by atoms with Crippen molar-refractivity contribution < 1.29 is 24.2 Å². The summed E-state index contributed by atoms with van der Waals surface area (Å²) < 4.78 is 5.48. The Labute approximate surface area is 197 Å². The molecule has 3 rings (SSSR count). The summed E-state index contributed by atoms with van der Waals surface area (Å²) in [5.41, 5.74) is 4.96. The van der Waals surface area contributed by atoms with Gasteiger partial charge in [0.2, 0.25) is 5.91 Å². The number of aliphatic carboxylic acids is 1. The largest absolute Gasteiger partial charge is 0.480 e. The third-order valence-corrected chi connectivity index (χ3v) is 6.11. The van der Waals surface area contributed by atoms with Gasteiger partial charge in [-0.2, -0.15) is 11.8 Å². The number of amides is 2. The second-order valence-corrected chi connectivity index (χ2v) is 8.69. The molecule has 2 amide bonds. The topological polar surface area (TPSA) is 95.9 Å². The van der Waals surface area contributed by atoms with Crippen LogP contribution in [0.5, 0.6) is 0 Å². The molecule has 0 unspecified atom stereocenters. The monoisotopic (exact) mass is 468 g/mol. The number of hydrogen-bond acceptors (Lipinski definition) is 5. The fourth-order valence-corrected chi connectivity index (χ4v) is 4.29. The summed E-state index contributed by atoms with van der Waals surface area (Å²) in [6.45, 7) is 1.91. The summed E-state index contributed by atoms with van der Waals surface area (Å²) in [5, 5.41) is 11.7. The molecule has 0 saturated heterocycles. The van der Waals surface area contributed by atoms with Crippen molar-refractivity contribution in [2.75, 3.05) is 38.2 Å². The molecule has 0 saturated carbocycles. The van der Waals surface area contributed by atoms with Gasteiger partial charge in [0.05, 0.1) is 0 Å². The summed E-state index contributed by atoms with van der Waals surface area (Å²) in [4.78, 5) is 37.1. The van der Waals surface area contributed by atoms with E-state index in [4.69, 9.17) is 9.84 Å². The van der Waals surface area contributed by atoms with Crippen LogP contribution >= 0.6 is 11.8 Å². The van der Waals surface area contributed by atoms with E-state index < -0.39 is 12.1 Å². The molecule has 0 fully saturated rings. The highest BCUT2D eigenvalue weighted by Crippen LogP contribution is 2.44. The molecule has 2 aromatic rings. The van der Waals surface area contributed by atoms with Crippen molar-refractivity contribution in [2.24, 2.45) is 0 Å². The number of carbonyl (C=O) groups is 3. The number of rotatable bonds is 10. The van der Waals surface area contributed by atoms with Crippen LogP contribution < -0.4 is 5.32 Å². The lowest BCUT2D eigenvalue weighted by atomic mass is 9.98. The molecule has 0 aliphatic heterocycles. The molecule has 0 heterocycles. The minimum Gasteiger partial charge on any atom is -0.480 e. The highest BCUT2D eigenvalue weighted by Gasteiger charge is 2.29. The molecule has 7 nitrogen and oxygen atoms in total. The molecule has 0 aromatic heterocycles. The molecule has 0 bridgehead atoms. The quantitative estimate of drug-likeness (QED) is 0.516. The molecule has 0 atom stereocenters. The van der Waals surface area contributed by atoms with Crippen molar-refractivity contribution in [1.82, 2.24) is 10.2 Å². The Bertz CT molecular complexity index is 1010. The van der Waals surface area contributed by atoms with Gasteiger partial charge >= 0.3 is 12.1 Å². The first-order chi connectivity index (χ1) is 15.9. The molecule has 33 heavy (non-hydrogen) atoms. The maximum Gasteiger partial charge on any atom is 0.407 e. The van der Waals surface area contributed by atoms with Gasteiger partial charge in [0.25, 0.3) is 0 Å². The normalized spacial score (nSPS) is 12.6. The number of fused-ring (bicyclic) bond motifs is 3. The van der Waals surface area contributed by atoms with E-state index in [1.165, 1.54) is 16.7 Å². The average molecular weight is 469 g/mol. The number of carboxylic acids is 1. The first-order valence-corrected chi connectivity index (χ1v) is 12.1. The van der Waals surface area contributed by atoms with Crippen LogP contribution in [0.4, 0.5) is 4.79 Å². The lowest BCUT2D eigenvalue weighted by molar-refractivity contribution is -0.142. The first-order valence-electron chi connectivity index (χ1n) is 10.7. The summed E-state index contributed by atoms with van der Waals surface area (Å²) >= 11 is 1.54. The Hall–Kier alpha value is -3.26. The third-order valence-electron chi connectivity index (χ3n) is 5.51. The zero-order valence-electron chi connectivity index (χ0n) is 18.7. The number of benzene rings is 2. The van der Waals surface area contributed by atoms with Crippen LogP contribution in [0.1, 0.15) is 24.0 Å². The molecule has 8 heteroatoms. The highest BCUT2D eigenvalue weighted by atomic mass is 32.2. The van der Waals surface area contributed by atoms with E-state index in [9.17, 15) is 14.4 Å². The van der Waals surface area contributed by atoms with E-state index >= 15 is 0 Å². The van der Waals surface area contributed by atoms with E-state index in [1.54, 1.807) is 13.0 Å². The van der Waals surface area contributed by atoms with Crippen molar-refractivity contribution in [3.8, 4) is 11.1 Å². The number of nitrogens with one attached hydrogen (secondary N) is 1. The second kappa shape index (κ2) is 11.6. The van der Waals surface area contributed by atoms with Crippen LogP contribution in [-0.2, 0) is 14.3 Å². The minimum absolute atomic E-state index is 0.0250. The zero-order valence-corrected chi connectivity index (χ0v) is 19.6. The molecular formula is C25H28N2O5S. The molecule has 0 spiro atoms. The van der Waals surface area contributed by atoms with Gasteiger partial charge < -0.3 is 20.1 Å². The third kappa shape index (κ3) is 6.16. The number of alkyl carbamates (subject to hydrolysis) is 1.